The summed E-state index contributed by atoms with van der Waals surface area (Å²) in [5, 5.41) is 0.908. The highest BCUT2D eigenvalue weighted by atomic mass is 16.7. The van der Waals surface area contributed by atoms with Crippen LogP contribution >= 0.6 is 0 Å². The average molecular weight is 295 g/mol. The second-order valence-corrected chi connectivity index (χ2v) is 4.89. The van der Waals surface area contributed by atoms with Crippen LogP contribution < -0.4 is 0 Å². The van der Waals surface area contributed by atoms with Crippen molar-refractivity contribution < 1.29 is 19.2 Å². The summed E-state index contributed by atoms with van der Waals surface area (Å²) in [5.41, 5.74) is 0. The molecule has 0 rings (SSSR count). The second-order valence-electron chi connectivity index (χ2n) is 4.89. The van der Waals surface area contributed by atoms with Crippen LogP contribution in [0.4, 0.5) is 0 Å². The van der Waals surface area contributed by atoms with E-state index in [0.29, 0.717) is 12.7 Å². The maximum Gasteiger partial charge on any atom is 0.332 e. The van der Waals surface area contributed by atoms with Crippen LogP contribution in [-0.2, 0) is 19.2 Å². The Kier molecular flexibility index (Phi) is 12.0. The molecule has 0 aliphatic rings. The van der Waals surface area contributed by atoms with Gasteiger partial charge in [0.2, 0.25) is 0 Å². The van der Waals surface area contributed by atoms with Gasteiger partial charge >= 0.3 is 5.97 Å². The van der Waals surface area contributed by atoms with Crippen molar-refractivity contribution in [2.75, 3.05) is 7.05 Å². The number of hydroxylamine groups is 2. The van der Waals surface area contributed by atoms with Crippen molar-refractivity contribution in [1.29, 1.82) is 0 Å². The molecule has 0 aliphatic heterocycles. The van der Waals surface area contributed by atoms with Gasteiger partial charge in [-0.15, -0.1) is 12.3 Å². The van der Waals surface area contributed by atoms with Crippen molar-refractivity contribution >= 4 is 18.2 Å². The fourth-order valence-electron chi connectivity index (χ4n) is 1.79. The van der Waals surface area contributed by atoms with Gasteiger partial charge in [-0.25, -0.2) is 4.79 Å². The van der Waals surface area contributed by atoms with Crippen molar-refractivity contribution in [2.24, 2.45) is 0 Å². The van der Waals surface area contributed by atoms with Gasteiger partial charge in [-0.2, -0.15) is 5.06 Å². The molecule has 0 aliphatic carbocycles. The van der Waals surface area contributed by atoms with E-state index < -0.39 is 5.97 Å². The summed E-state index contributed by atoms with van der Waals surface area (Å²) in [7, 11) is 1.39. The predicted molar refractivity (Wildman–Crippen MR) is 79.9 cm³/mol. The van der Waals surface area contributed by atoms with Crippen molar-refractivity contribution in [3.8, 4) is 12.3 Å². The molecule has 0 radical (unpaired) electrons. The molecule has 0 heterocycles. The number of unbranched alkanes of at least 4 members (excludes halogenated alkanes) is 6. The van der Waals surface area contributed by atoms with E-state index in [0.717, 1.165) is 50.0 Å². The van der Waals surface area contributed by atoms with Gasteiger partial charge < -0.3 is 9.63 Å². The first-order valence-corrected chi connectivity index (χ1v) is 7.46. The van der Waals surface area contributed by atoms with Crippen LogP contribution in [0, 0.1) is 12.3 Å². The minimum absolute atomic E-state index is 0.0605. The zero-order valence-electron chi connectivity index (χ0n) is 12.8. The average Bonchev–Trinajstić information content (AvgIpc) is 2.47. The van der Waals surface area contributed by atoms with E-state index in [4.69, 9.17) is 11.3 Å². The van der Waals surface area contributed by atoms with Gasteiger partial charge in [0.15, 0.2) is 0 Å². The van der Waals surface area contributed by atoms with E-state index in [9.17, 15) is 14.4 Å². The van der Waals surface area contributed by atoms with Gasteiger partial charge in [0.05, 0.1) is 0 Å². The van der Waals surface area contributed by atoms with Gasteiger partial charge in [0, 0.05) is 32.7 Å². The Hall–Kier alpha value is -1.83. The van der Waals surface area contributed by atoms with Crippen molar-refractivity contribution in [1.82, 2.24) is 5.06 Å². The number of carbonyl (C=O) groups excluding carboxylic acids is 3. The predicted octanol–water partition coefficient (Wildman–Crippen LogP) is 2.64. The number of nitrogens with zero attached hydrogens (tertiary/aromatic N) is 1. The number of hydrogen-bond acceptors (Lipinski definition) is 4. The Morgan fingerprint density at radius 3 is 2.33 bits per heavy atom. The molecule has 0 aromatic heterocycles. The zero-order valence-corrected chi connectivity index (χ0v) is 12.8. The fourth-order valence-corrected chi connectivity index (χ4v) is 1.79. The number of amides is 1. The molecule has 0 spiro atoms. The Labute approximate surface area is 127 Å². The van der Waals surface area contributed by atoms with Gasteiger partial charge in [-0.1, -0.05) is 25.7 Å². The molecule has 0 saturated carbocycles. The molecule has 5 nitrogen and oxygen atoms in total. The summed E-state index contributed by atoms with van der Waals surface area (Å²) in [4.78, 5) is 37.9. The lowest BCUT2D eigenvalue weighted by Crippen LogP contribution is -2.29. The SMILES string of the molecule is C#CCCCCCCCCC(=O)ON(C)C(=O)CCC=O. The van der Waals surface area contributed by atoms with Crippen molar-refractivity contribution in [2.45, 2.75) is 64.2 Å². The van der Waals surface area contributed by atoms with Gasteiger partial charge in [-0.3, -0.25) is 4.79 Å². The lowest BCUT2D eigenvalue weighted by molar-refractivity contribution is -0.192. The number of aldehydes is 1. The normalized spacial score (nSPS) is 9.71. The number of rotatable bonds is 11. The summed E-state index contributed by atoms with van der Waals surface area (Å²) in [5.74, 6) is 1.83. The minimum atomic E-state index is -0.413. The Morgan fingerprint density at radius 2 is 1.71 bits per heavy atom. The minimum Gasteiger partial charge on any atom is -0.338 e. The van der Waals surface area contributed by atoms with Crippen LogP contribution in [0.1, 0.15) is 64.2 Å². The third kappa shape index (κ3) is 11.7. The van der Waals surface area contributed by atoms with Crippen LogP contribution in [0.15, 0.2) is 0 Å². The van der Waals surface area contributed by atoms with Gasteiger partial charge in [-0.05, 0) is 12.8 Å². The Balaban J connectivity index is 3.55. The monoisotopic (exact) mass is 295 g/mol. The molecular weight excluding hydrogens is 270 g/mol. The molecule has 0 atom stereocenters. The highest BCUT2D eigenvalue weighted by molar-refractivity contribution is 5.79. The lowest BCUT2D eigenvalue weighted by Gasteiger charge is -2.15. The van der Waals surface area contributed by atoms with Crippen LogP contribution in [0.5, 0.6) is 0 Å². The number of terminal acetylenes is 1. The second kappa shape index (κ2) is 13.2. The summed E-state index contributed by atoms with van der Waals surface area (Å²) in [6.45, 7) is 0. The van der Waals surface area contributed by atoms with Gasteiger partial charge in [0.25, 0.3) is 5.91 Å². The lowest BCUT2D eigenvalue weighted by atomic mass is 10.1. The third-order valence-electron chi connectivity index (χ3n) is 3.02. The first kappa shape index (κ1) is 19.2. The first-order valence-electron chi connectivity index (χ1n) is 7.46. The molecule has 0 N–H and O–H groups in total. The molecule has 118 valence electrons. The molecule has 0 unspecified atom stereocenters. The fraction of sp³-hybridized carbons (Fsp3) is 0.688. The maximum atomic E-state index is 11.5. The number of carbonyl (C=O) groups is 3. The van der Waals surface area contributed by atoms with Crippen LogP contribution in [0.2, 0.25) is 0 Å². The molecule has 0 aromatic carbocycles. The molecule has 0 bridgehead atoms. The Morgan fingerprint density at radius 1 is 1.10 bits per heavy atom. The quantitative estimate of drug-likeness (QED) is 0.254. The van der Waals surface area contributed by atoms with Gasteiger partial charge in [0.1, 0.15) is 6.29 Å². The summed E-state index contributed by atoms with van der Waals surface area (Å²) >= 11 is 0. The van der Waals surface area contributed by atoms with Crippen molar-refractivity contribution in [3.05, 3.63) is 0 Å². The number of hydrogen-bond donors (Lipinski definition) is 0. The van der Waals surface area contributed by atoms with E-state index in [1.54, 1.807) is 0 Å². The van der Waals surface area contributed by atoms with Crippen LogP contribution in [0.25, 0.3) is 0 Å². The van der Waals surface area contributed by atoms with Crippen LogP contribution in [-0.4, -0.2) is 30.3 Å². The van der Waals surface area contributed by atoms with E-state index in [1.165, 1.54) is 7.05 Å². The largest absolute Gasteiger partial charge is 0.338 e. The molecule has 0 saturated heterocycles. The molecule has 0 fully saturated rings. The Bertz CT molecular complexity index is 360. The first-order chi connectivity index (χ1) is 10.1. The zero-order chi connectivity index (χ0) is 15.9. The van der Waals surface area contributed by atoms with E-state index >= 15 is 0 Å². The maximum absolute atomic E-state index is 11.5. The molecule has 1 amide bonds. The molecule has 21 heavy (non-hydrogen) atoms. The summed E-state index contributed by atoms with van der Waals surface area (Å²) in [6.07, 6.45) is 13.3. The van der Waals surface area contributed by atoms with Crippen LogP contribution in [0.3, 0.4) is 0 Å². The van der Waals surface area contributed by atoms with E-state index in [1.807, 2.05) is 0 Å². The standard InChI is InChI=1S/C16H25NO4/c1-3-4-5-6-7-8-9-10-13-16(20)21-17(2)15(19)12-11-14-18/h1,14H,4-13H2,2H3. The highest BCUT2D eigenvalue weighted by Crippen LogP contribution is 2.09. The summed E-state index contributed by atoms with van der Waals surface area (Å²) < 4.78 is 0. The topological polar surface area (TPSA) is 63.7 Å². The molecule has 5 heteroatoms. The molecule has 0 aromatic rings. The third-order valence-corrected chi connectivity index (χ3v) is 3.02. The smallest absolute Gasteiger partial charge is 0.332 e. The molecular formula is C16H25NO4. The van der Waals surface area contributed by atoms with E-state index in [-0.39, 0.29) is 18.7 Å². The summed E-state index contributed by atoms with van der Waals surface area (Å²) in [6, 6.07) is 0. The van der Waals surface area contributed by atoms with E-state index in [2.05, 4.69) is 5.92 Å². The highest BCUT2D eigenvalue weighted by Gasteiger charge is 2.13. The van der Waals surface area contributed by atoms with Crippen molar-refractivity contribution in [3.63, 3.8) is 0 Å².